The molecule has 0 aliphatic rings. The molecule has 0 aromatic heterocycles. The van der Waals surface area contributed by atoms with E-state index in [0.717, 1.165) is 0 Å². The van der Waals surface area contributed by atoms with Crippen LogP contribution in [0.25, 0.3) is 0 Å². The fourth-order valence-electron chi connectivity index (χ4n) is 2.23. The van der Waals surface area contributed by atoms with E-state index < -0.39 is 23.8 Å². The Morgan fingerprint density at radius 3 is 1.37 bits per heavy atom. The maximum absolute atomic E-state index is 11.0. The minimum absolute atomic E-state index is 0.0614. The average molecular weight is 374 g/mol. The van der Waals surface area contributed by atoms with Crippen LogP contribution in [0.3, 0.4) is 0 Å². The standard InChI is InChI=1S/C19H18O8/c20-17(21)9-12(10-26-15-5-1-13(2-6-15)18(22)23)11-27-16-7-3-14(4-8-16)19(24)25/h1-8,12H,9-11H2,(H,20,21)(H,22,23)(H,24,25). The number of hydrogen-bond acceptors (Lipinski definition) is 5. The predicted molar refractivity (Wildman–Crippen MR) is 93.5 cm³/mol. The van der Waals surface area contributed by atoms with Crippen molar-refractivity contribution in [2.75, 3.05) is 13.2 Å². The van der Waals surface area contributed by atoms with Crippen LogP contribution in [0.15, 0.2) is 48.5 Å². The smallest absolute Gasteiger partial charge is 0.335 e. The highest BCUT2D eigenvalue weighted by Crippen LogP contribution is 2.17. The predicted octanol–water partition coefficient (Wildman–Crippen LogP) is 2.63. The fourth-order valence-corrected chi connectivity index (χ4v) is 2.23. The van der Waals surface area contributed by atoms with Gasteiger partial charge in [0.2, 0.25) is 0 Å². The Kier molecular flexibility index (Phi) is 6.76. The van der Waals surface area contributed by atoms with Crippen molar-refractivity contribution in [1.82, 2.24) is 0 Å². The normalized spacial score (nSPS) is 10.4. The fraction of sp³-hybridized carbons (Fsp3) is 0.211. The van der Waals surface area contributed by atoms with Crippen LogP contribution in [0, 0.1) is 5.92 Å². The zero-order chi connectivity index (χ0) is 19.8. The van der Waals surface area contributed by atoms with Gasteiger partial charge in [0.25, 0.3) is 0 Å². The lowest BCUT2D eigenvalue weighted by molar-refractivity contribution is -0.138. The molecule has 0 saturated carbocycles. The second-order valence-corrected chi connectivity index (χ2v) is 5.74. The minimum Gasteiger partial charge on any atom is -0.493 e. The molecule has 0 aliphatic carbocycles. The molecule has 2 aromatic carbocycles. The third-order valence-corrected chi connectivity index (χ3v) is 3.64. The summed E-state index contributed by atoms with van der Waals surface area (Å²) in [6.45, 7) is 0.123. The molecular weight excluding hydrogens is 356 g/mol. The van der Waals surface area contributed by atoms with Gasteiger partial charge in [0.15, 0.2) is 0 Å². The Balaban J connectivity index is 1.92. The summed E-state index contributed by atoms with van der Waals surface area (Å²) in [4.78, 5) is 32.7. The Morgan fingerprint density at radius 1 is 0.704 bits per heavy atom. The lowest BCUT2D eigenvalue weighted by Gasteiger charge is -2.17. The number of rotatable bonds is 10. The van der Waals surface area contributed by atoms with Gasteiger partial charge in [-0.3, -0.25) is 4.79 Å². The SMILES string of the molecule is O=C(O)CC(COc1ccc(C(=O)O)cc1)COc1ccc(C(=O)O)cc1. The summed E-state index contributed by atoms with van der Waals surface area (Å²) in [6, 6.07) is 11.5. The summed E-state index contributed by atoms with van der Waals surface area (Å²) >= 11 is 0. The van der Waals surface area contributed by atoms with Crippen molar-refractivity contribution in [3.63, 3.8) is 0 Å². The number of ether oxygens (including phenoxy) is 2. The lowest BCUT2D eigenvalue weighted by Crippen LogP contribution is -2.23. The highest BCUT2D eigenvalue weighted by atomic mass is 16.5. The number of aliphatic carboxylic acids is 1. The van der Waals surface area contributed by atoms with Gasteiger partial charge in [0.05, 0.1) is 30.8 Å². The zero-order valence-electron chi connectivity index (χ0n) is 14.2. The van der Waals surface area contributed by atoms with E-state index in [1.54, 1.807) is 0 Å². The molecule has 0 atom stereocenters. The van der Waals surface area contributed by atoms with Gasteiger partial charge in [-0.25, -0.2) is 9.59 Å². The van der Waals surface area contributed by atoms with Crippen LogP contribution in [0.5, 0.6) is 11.5 Å². The van der Waals surface area contributed by atoms with Gasteiger partial charge in [0.1, 0.15) is 11.5 Å². The van der Waals surface area contributed by atoms with Crippen LogP contribution in [0.4, 0.5) is 0 Å². The Hall–Kier alpha value is -3.55. The van der Waals surface area contributed by atoms with Gasteiger partial charge >= 0.3 is 17.9 Å². The van der Waals surface area contributed by atoms with Crippen LogP contribution in [0.2, 0.25) is 0 Å². The number of carboxylic acids is 3. The third kappa shape index (κ3) is 6.35. The van der Waals surface area contributed by atoms with Gasteiger partial charge in [0, 0.05) is 5.92 Å². The van der Waals surface area contributed by atoms with Crippen molar-refractivity contribution in [2.45, 2.75) is 6.42 Å². The molecule has 3 N–H and O–H groups in total. The van der Waals surface area contributed by atoms with Gasteiger partial charge in [-0.15, -0.1) is 0 Å². The lowest BCUT2D eigenvalue weighted by atomic mass is 10.1. The first-order valence-corrected chi connectivity index (χ1v) is 7.99. The van der Waals surface area contributed by atoms with E-state index in [0.29, 0.717) is 11.5 Å². The molecule has 8 nitrogen and oxygen atoms in total. The summed E-state index contributed by atoms with van der Waals surface area (Å²) in [5.41, 5.74) is 0.246. The summed E-state index contributed by atoms with van der Waals surface area (Å²) in [7, 11) is 0. The van der Waals surface area contributed by atoms with E-state index >= 15 is 0 Å². The first kappa shape index (κ1) is 19.8. The Labute approximate surface area is 154 Å². The molecule has 2 rings (SSSR count). The minimum atomic E-state index is -1.05. The number of benzene rings is 2. The summed E-state index contributed by atoms with van der Waals surface area (Å²) in [6.07, 6.45) is -0.180. The second-order valence-electron chi connectivity index (χ2n) is 5.74. The molecular formula is C19H18O8. The van der Waals surface area contributed by atoms with E-state index in [1.807, 2.05) is 0 Å². The van der Waals surface area contributed by atoms with Crippen LogP contribution in [-0.4, -0.2) is 46.4 Å². The maximum atomic E-state index is 11.0. The first-order chi connectivity index (χ1) is 12.8. The van der Waals surface area contributed by atoms with Gasteiger partial charge in [-0.1, -0.05) is 0 Å². The number of carbonyl (C=O) groups is 3. The first-order valence-electron chi connectivity index (χ1n) is 7.99. The highest BCUT2D eigenvalue weighted by Gasteiger charge is 2.16. The quantitative estimate of drug-likeness (QED) is 0.578. The molecule has 0 aliphatic heterocycles. The Morgan fingerprint density at radius 2 is 1.07 bits per heavy atom. The monoisotopic (exact) mass is 374 g/mol. The van der Waals surface area contributed by atoms with Crippen molar-refractivity contribution < 1.29 is 39.2 Å². The van der Waals surface area contributed by atoms with Crippen molar-refractivity contribution in [1.29, 1.82) is 0 Å². The molecule has 27 heavy (non-hydrogen) atoms. The second kappa shape index (κ2) is 9.23. The largest absolute Gasteiger partial charge is 0.493 e. The number of hydrogen-bond donors (Lipinski definition) is 3. The summed E-state index contributed by atoms with van der Waals surface area (Å²) in [5.74, 6) is -2.72. The van der Waals surface area contributed by atoms with Crippen molar-refractivity contribution in [3.8, 4) is 11.5 Å². The van der Waals surface area contributed by atoms with E-state index in [4.69, 9.17) is 24.8 Å². The number of carboxylic acid groups (broad SMARTS) is 3. The Bertz CT molecular complexity index is 734. The molecule has 0 bridgehead atoms. The van der Waals surface area contributed by atoms with E-state index in [1.165, 1.54) is 48.5 Å². The molecule has 2 aromatic rings. The van der Waals surface area contributed by atoms with E-state index in [9.17, 15) is 14.4 Å². The zero-order valence-corrected chi connectivity index (χ0v) is 14.2. The van der Waals surface area contributed by atoms with Crippen LogP contribution < -0.4 is 9.47 Å². The summed E-state index contributed by atoms with van der Waals surface area (Å²) < 4.78 is 11.1. The van der Waals surface area contributed by atoms with Gasteiger partial charge in [-0.05, 0) is 48.5 Å². The van der Waals surface area contributed by atoms with Crippen molar-refractivity contribution in [2.24, 2.45) is 5.92 Å². The molecule has 0 fully saturated rings. The van der Waals surface area contributed by atoms with Gasteiger partial charge < -0.3 is 24.8 Å². The maximum Gasteiger partial charge on any atom is 0.335 e. The van der Waals surface area contributed by atoms with Crippen molar-refractivity contribution >= 4 is 17.9 Å². The van der Waals surface area contributed by atoms with E-state index in [-0.39, 0.29) is 30.8 Å². The molecule has 0 amide bonds. The molecule has 0 spiro atoms. The molecule has 8 heteroatoms. The molecule has 142 valence electrons. The summed E-state index contributed by atoms with van der Waals surface area (Å²) in [5, 5.41) is 26.8. The topological polar surface area (TPSA) is 130 Å². The number of aromatic carboxylic acids is 2. The average Bonchev–Trinajstić information content (AvgIpc) is 2.64. The van der Waals surface area contributed by atoms with Crippen LogP contribution >= 0.6 is 0 Å². The molecule has 0 unspecified atom stereocenters. The van der Waals surface area contributed by atoms with Gasteiger partial charge in [-0.2, -0.15) is 0 Å². The third-order valence-electron chi connectivity index (χ3n) is 3.64. The molecule has 0 radical (unpaired) electrons. The van der Waals surface area contributed by atoms with E-state index in [2.05, 4.69) is 0 Å². The molecule has 0 saturated heterocycles. The highest BCUT2D eigenvalue weighted by molar-refractivity contribution is 5.88. The van der Waals surface area contributed by atoms with Crippen LogP contribution in [-0.2, 0) is 4.79 Å². The van der Waals surface area contributed by atoms with Crippen molar-refractivity contribution in [3.05, 3.63) is 59.7 Å². The van der Waals surface area contributed by atoms with Crippen LogP contribution in [0.1, 0.15) is 27.1 Å². The molecule has 0 heterocycles.